The average Bonchev–Trinajstić information content (AvgIpc) is 2.75. The van der Waals surface area contributed by atoms with Gasteiger partial charge in [-0.2, -0.15) is 0 Å². The Hall–Kier alpha value is -3.37. The standard InChI is InChI=1S/C27H31ClN2O2/c1-6-22(15-14-21(4)23(7-2)11-8-12-27(31)32)10-9-17-30-26(19-29-5)24-16-13-20(3)18-25(24)28/h6-11,13-19,29H,1,12H2,2-5H3,(H,31,32)/b10-9+,11-8-,21-14+,22-15+,23-7+,26-19-,30-17+. The Morgan fingerprint density at radius 3 is 2.62 bits per heavy atom. The maximum Gasteiger partial charge on any atom is 0.307 e. The second-order valence-electron chi connectivity index (χ2n) is 6.90. The number of aliphatic carboxylic acids is 1. The van der Waals surface area contributed by atoms with E-state index in [1.807, 2.05) is 82.5 Å². The van der Waals surface area contributed by atoms with Gasteiger partial charge in [-0.25, -0.2) is 0 Å². The molecule has 0 saturated carbocycles. The van der Waals surface area contributed by atoms with Crippen molar-refractivity contribution >= 4 is 29.5 Å². The lowest BCUT2D eigenvalue weighted by Gasteiger charge is -2.06. The highest BCUT2D eigenvalue weighted by atomic mass is 35.5. The fourth-order valence-corrected chi connectivity index (χ4v) is 3.01. The van der Waals surface area contributed by atoms with Crippen LogP contribution in [0.4, 0.5) is 0 Å². The van der Waals surface area contributed by atoms with Gasteiger partial charge in [0.05, 0.1) is 17.1 Å². The molecule has 1 aromatic carbocycles. The average molecular weight is 451 g/mol. The maximum absolute atomic E-state index is 10.7. The molecule has 0 atom stereocenters. The van der Waals surface area contributed by atoms with E-state index < -0.39 is 5.97 Å². The molecule has 168 valence electrons. The molecule has 2 N–H and O–H groups in total. The van der Waals surface area contributed by atoms with Crippen molar-refractivity contribution in [1.29, 1.82) is 0 Å². The Morgan fingerprint density at radius 2 is 2.03 bits per heavy atom. The Morgan fingerprint density at radius 1 is 1.28 bits per heavy atom. The summed E-state index contributed by atoms with van der Waals surface area (Å²) in [5.41, 5.74) is 5.57. The SMILES string of the molecule is C=CC(/C=C/C=N/C(=C\NC)c1ccc(C)cc1Cl)=C\C=C(C)\C(\C=C/CC(=O)O)=C\C. The molecule has 1 rings (SSSR count). The Labute approximate surface area is 196 Å². The van der Waals surface area contributed by atoms with Gasteiger partial charge in [0.1, 0.15) is 0 Å². The lowest BCUT2D eigenvalue weighted by atomic mass is 10.1. The first-order valence-electron chi connectivity index (χ1n) is 10.2. The number of nitrogens with zero attached hydrogens (tertiary/aromatic N) is 1. The number of carbonyl (C=O) groups is 1. The van der Waals surface area contributed by atoms with Crippen LogP contribution in [-0.4, -0.2) is 24.3 Å². The number of carboxylic acid groups (broad SMARTS) is 1. The quantitative estimate of drug-likeness (QED) is 0.287. The van der Waals surface area contributed by atoms with Crippen molar-refractivity contribution in [1.82, 2.24) is 5.32 Å². The number of hydrogen-bond acceptors (Lipinski definition) is 3. The van der Waals surface area contributed by atoms with Crippen molar-refractivity contribution in [3.8, 4) is 0 Å². The van der Waals surface area contributed by atoms with Crippen molar-refractivity contribution in [2.75, 3.05) is 7.05 Å². The van der Waals surface area contributed by atoms with E-state index in [1.54, 1.807) is 24.6 Å². The van der Waals surface area contributed by atoms with Crippen LogP contribution in [0, 0.1) is 6.92 Å². The zero-order chi connectivity index (χ0) is 23.9. The summed E-state index contributed by atoms with van der Waals surface area (Å²) in [5, 5.41) is 12.4. The number of rotatable bonds is 11. The molecular formula is C27H31ClN2O2. The van der Waals surface area contributed by atoms with Crippen LogP contribution in [-0.2, 0) is 4.79 Å². The monoisotopic (exact) mass is 450 g/mol. The molecule has 0 unspecified atom stereocenters. The van der Waals surface area contributed by atoms with Crippen LogP contribution in [0.25, 0.3) is 5.70 Å². The molecule has 0 spiro atoms. The van der Waals surface area contributed by atoms with E-state index in [4.69, 9.17) is 16.7 Å². The number of aryl methyl sites for hydroxylation is 1. The number of aliphatic imine (C=N–C) groups is 1. The molecule has 0 aromatic heterocycles. The first-order chi connectivity index (χ1) is 15.3. The molecule has 0 aliphatic heterocycles. The summed E-state index contributed by atoms with van der Waals surface area (Å²) in [6, 6.07) is 5.86. The van der Waals surface area contributed by atoms with E-state index in [9.17, 15) is 4.79 Å². The van der Waals surface area contributed by atoms with Crippen LogP contribution in [0.15, 0.2) is 101 Å². The van der Waals surface area contributed by atoms with Crippen LogP contribution in [0.5, 0.6) is 0 Å². The number of carboxylic acids is 1. The summed E-state index contributed by atoms with van der Waals surface area (Å²) in [7, 11) is 1.82. The second-order valence-corrected chi connectivity index (χ2v) is 7.31. The highest BCUT2D eigenvalue weighted by molar-refractivity contribution is 6.32. The van der Waals surface area contributed by atoms with E-state index in [0.717, 1.165) is 33.5 Å². The van der Waals surface area contributed by atoms with Gasteiger partial charge in [-0.15, -0.1) is 0 Å². The summed E-state index contributed by atoms with van der Waals surface area (Å²) in [6.45, 7) is 9.75. The minimum Gasteiger partial charge on any atom is -0.481 e. The molecule has 0 saturated heterocycles. The zero-order valence-corrected chi connectivity index (χ0v) is 19.9. The van der Waals surface area contributed by atoms with Gasteiger partial charge in [-0.3, -0.25) is 9.79 Å². The molecule has 0 aliphatic carbocycles. The third-order valence-corrected chi connectivity index (χ3v) is 4.70. The molecule has 0 amide bonds. The molecule has 1 aromatic rings. The number of benzene rings is 1. The first-order valence-corrected chi connectivity index (χ1v) is 10.6. The highest BCUT2D eigenvalue weighted by Gasteiger charge is 2.05. The van der Waals surface area contributed by atoms with Crippen molar-refractivity contribution in [2.45, 2.75) is 27.2 Å². The van der Waals surface area contributed by atoms with Gasteiger partial charge in [-0.1, -0.05) is 72.8 Å². The molecule has 0 aliphatic rings. The van der Waals surface area contributed by atoms with Crippen molar-refractivity contribution in [3.63, 3.8) is 0 Å². The van der Waals surface area contributed by atoms with Gasteiger partial charge in [0.15, 0.2) is 0 Å². The summed E-state index contributed by atoms with van der Waals surface area (Å²) in [5.74, 6) is -0.851. The highest BCUT2D eigenvalue weighted by Crippen LogP contribution is 2.25. The van der Waals surface area contributed by atoms with E-state index in [0.29, 0.717) is 5.02 Å². The van der Waals surface area contributed by atoms with E-state index in [2.05, 4.69) is 16.9 Å². The van der Waals surface area contributed by atoms with E-state index >= 15 is 0 Å². The summed E-state index contributed by atoms with van der Waals surface area (Å²) < 4.78 is 0. The third kappa shape index (κ3) is 9.63. The van der Waals surface area contributed by atoms with Gasteiger partial charge in [0.25, 0.3) is 0 Å². The van der Waals surface area contributed by atoms with E-state index in [-0.39, 0.29) is 6.42 Å². The third-order valence-electron chi connectivity index (χ3n) is 4.39. The lowest BCUT2D eigenvalue weighted by Crippen LogP contribution is -1.96. The summed E-state index contributed by atoms with van der Waals surface area (Å²) >= 11 is 6.37. The van der Waals surface area contributed by atoms with Crippen molar-refractivity contribution < 1.29 is 9.90 Å². The number of nitrogens with one attached hydrogen (secondary N) is 1. The molecule has 5 heteroatoms. The second kappa shape index (κ2) is 14.6. The summed E-state index contributed by atoms with van der Waals surface area (Å²) in [6.07, 6.45) is 18.3. The van der Waals surface area contributed by atoms with Gasteiger partial charge in [0.2, 0.25) is 0 Å². The summed E-state index contributed by atoms with van der Waals surface area (Å²) in [4.78, 5) is 15.2. The number of halogens is 1. The molecule has 0 bridgehead atoms. The maximum atomic E-state index is 10.7. The van der Waals surface area contributed by atoms with E-state index in [1.165, 1.54) is 0 Å². The molecule has 0 heterocycles. The minimum atomic E-state index is -0.851. The Bertz CT molecular complexity index is 1020. The molecular weight excluding hydrogens is 420 g/mol. The topological polar surface area (TPSA) is 61.7 Å². The zero-order valence-electron chi connectivity index (χ0n) is 19.1. The van der Waals surface area contributed by atoms with Crippen LogP contribution < -0.4 is 5.32 Å². The van der Waals surface area contributed by atoms with Gasteiger partial charge in [0, 0.05) is 25.0 Å². The fourth-order valence-electron chi connectivity index (χ4n) is 2.68. The number of hydrogen-bond donors (Lipinski definition) is 2. The van der Waals surface area contributed by atoms with Crippen LogP contribution >= 0.6 is 11.6 Å². The minimum absolute atomic E-state index is 0.00176. The van der Waals surface area contributed by atoms with Crippen molar-refractivity contribution in [2.24, 2.45) is 4.99 Å². The predicted molar refractivity (Wildman–Crippen MR) is 138 cm³/mol. The Balaban J connectivity index is 2.97. The smallest absolute Gasteiger partial charge is 0.307 e. The lowest BCUT2D eigenvalue weighted by molar-refractivity contribution is -0.136. The van der Waals surface area contributed by atoms with Gasteiger partial charge < -0.3 is 10.4 Å². The van der Waals surface area contributed by atoms with Crippen LogP contribution in [0.2, 0.25) is 5.02 Å². The van der Waals surface area contributed by atoms with Gasteiger partial charge >= 0.3 is 5.97 Å². The van der Waals surface area contributed by atoms with Crippen molar-refractivity contribution in [3.05, 3.63) is 112 Å². The number of allylic oxidation sites excluding steroid dienone is 10. The Kier molecular flexibility index (Phi) is 12.2. The molecule has 32 heavy (non-hydrogen) atoms. The van der Waals surface area contributed by atoms with Gasteiger partial charge in [-0.05, 0) is 55.2 Å². The molecule has 4 nitrogen and oxygen atoms in total. The fraction of sp³-hybridized carbons (Fsp3) is 0.185. The normalized spacial score (nSPS) is 14.0. The molecule has 0 fully saturated rings. The first kappa shape index (κ1) is 26.7. The van der Waals surface area contributed by atoms with Crippen LogP contribution in [0.1, 0.15) is 31.4 Å². The predicted octanol–water partition coefficient (Wildman–Crippen LogP) is 6.83. The van der Waals surface area contributed by atoms with Crippen LogP contribution in [0.3, 0.4) is 0 Å². The molecule has 0 radical (unpaired) electrons. The largest absolute Gasteiger partial charge is 0.481 e.